The van der Waals surface area contributed by atoms with Crippen LogP contribution in [0.1, 0.15) is 74.7 Å². The SMILES string of the molecule is CCCC(=O)O[C@@H]1C=C[C@]2(C)[C@@H](OC(C)=O)C[C@@H](OC(C)=O)/C(C)=C\[C@@H]3OC(=O)[C@]4(C)O[C@]34[C@@H](OC(C)=O)[C@H]2[C@@]1(C)O. The molecule has 2 heterocycles. The molecule has 2 fully saturated rings. The Balaban J connectivity index is 2.01. The van der Waals surface area contributed by atoms with Crippen LogP contribution in [0.2, 0.25) is 0 Å². The largest absolute Gasteiger partial charge is 0.461 e. The van der Waals surface area contributed by atoms with Crippen LogP contribution in [-0.2, 0) is 52.4 Å². The third-order valence-corrected chi connectivity index (χ3v) is 9.02. The maximum Gasteiger partial charge on any atom is 0.342 e. The molecule has 2 saturated heterocycles. The van der Waals surface area contributed by atoms with Gasteiger partial charge in [0.25, 0.3) is 0 Å². The second kappa shape index (κ2) is 10.8. The Morgan fingerprint density at radius 2 is 1.62 bits per heavy atom. The van der Waals surface area contributed by atoms with Gasteiger partial charge in [0.1, 0.15) is 30.0 Å². The number of hydrogen-bond acceptors (Lipinski definition) is 12. The van der Waals surface area contributed by atoms with Crippen molar-refractivity contribution in [1.29, 1.82) is 0 Å². The first-order valence-electron chi connectivity index (χ1n) is 14.2. The summed E-state index contributed by atoms with van der Waals surface area (Å²) in [5, 5.41) is 12.3. The molecule has 0 aromatic rings. The molecule has 4 rings (SSSR count). The molecule has 0 bridgehead atoms. The predicted octanol–water partition coefficient (Wildman–Crippen LogP) is 2.24. The molecule has 0 aromatic carbocycles. The summed E-state index contributed by atoms with van der Waals surface area (Å²) in [5.41, 5.74) is -6.00. The zero-order valence-electron chi connectivity index (χ0n) is 25.3. The number of esters is 5. The molecule has 2 aliphatic carbocycles. The molecule has 232 valence electrons. The molecule has 10 atom stereocenters. The van der Waals surface area contributed by atoms with Gasteiger partial charge in [-0.25, -0.2) is 4.79 Å². The fourth-order valence-electron chi connectivity index (χ4n) is 6.99. The lowest BCUT2D eigenvalue weighted by molar-refractivity contribution is -0.220. The zero-order chi connectivity index (χ0) is 31.4. The fourth-order valence-corrected chi connectivity index (χ4v) is 6.99. The summed E-state index contributed by atoms with van der Waals surface area (Å²) in [7, 11) is 0. The van der Waals surface area contributed by atoms with E-state index in [2.05, 4.69) is 0 Å². The maximum atomic E-state index is 13.2. The molecule has 2 aliphatic heterocycles. The van der Waals surface area contributed by atoms with Crippen molar-refractivity contribution < 1.29 is 57.5 Å². The molecule has 4 aliphatic rings. The van der Waals surface area contributed by atoms with Gasteiger partial charge in [-0.2, -0.15) is 0 Å². The molecule has 1 spiro atoms. The minimum atomic E-state index is -1.96. The van der Waals surface area contributed by atoms with Crippen molar-refractivity contribution >= 4 is 29.8 Å². The molecular weight excluding hydrogens is 552 g/mol. The molecular formula is C30H40O12. The van der Waals surface area contributed by atoms with Gasteiger partial charge >= 0.3 is 29.8 Å². The van der Waals surface area contributed by atoms with Crippen molar-refractivity contribution in [2.24, 2.45) is 11.3 Å². The van der Waals surface area contributed by atoms with E-state index >= 15 is 0 Å². The van der Waals surface area contributed by atoms with Crippen LogP contribution in [0, 0.1) is 11.3 Å². The molecule has 12 nitrogen and oxygen atoms in total. The van der Waals surface area contributed by atoms with Gasteiger partial charge in [-0.1, -0.05) is 19.9 Å². The second-order valence-electron chi connectivity index (χ2n) is 12.2. The first-order chi connectivity index (χ1) is 19.4. The fraction of sp³-hybridized carbons (Fsp3) is 0.700. The lowest BCUT2D eigenvalue weighted by Crippen LogP contribution is -2.67. The van der Waals surface area contributed by atoms with Crippen LogP contribution in [0.3, 0.4) is 0 Å². The van der Waals surface area contributed by atoms with E-state index < -0.39 is 88.5 Å². The topological polar surface area (TPSA) is 164 Å². The van der Waals surface area contributed by atoms with Crippen LogP contribution < -0.4 is 0 Å². The average Bonchev–Trinajstić information content (AvgIpc) is 3.44. The van der Waals surface area contributed by atoms with Crippen LogP contribution in [-0.4, -0.2) is 82.3 Å². The van der Waals surface area contributed by atoms with Crippen molar-refractivity contribution in [2.45, 2.75) is 122 Å². The molecule has 0 aromatic heterocycles. The number of fused-ring (bicyclic) bond motifs is 1. The monoisotopic (exact) mass is 592 g/mol. The number of aliphatic hydroxyl groups is 1. The normalized spacial score (nSPS) is 43.3. The number of hydrogen-bond donors (Lipinski definition) is 1. The first-order valence-corrected chi connectivity index (χ1v) is 14.2. The molecule has 1 N–H and O–H groups in total. The van der Waals surface area contributed by atoms with Crippen LogP contribution in [0.4, 0.5) is 0 Å². The first kappa shape index (κ1) is 31.7. The average molecular weight is 593 g/mol. The minimum Gasteiger partial charge on any atom is -0.461 e. The van der Waals surface area contributed by atoms with Gasteiger partial charge in [0.05, 0.1) is 0 Å². The number of ether oxygens (including phenoxy) is 6. The Morgan fingerprint density at radius 1 is 1.00 bits per heavy atom. The number of carbonyl (C=O) groups is 5. The Bertz CT molecular complexity index is 1230. The zero-order valence-corrected chi connectivity index (χ0v) is 25.3. The third kappa shape index (κ3) is 5.02. The van der Waals surface area contributed by atoms with E-state index in [1.807, 2.05) is 6.92 Å². The quantitative estimate of drug-likeness (QED) is 0.207. The standard InChI is InChI=1S/C30H40O12/c1-9-10-23(34)40-20-11-12-27(6)21(38-17(4)32)14-19(37-16(3)31)15(2)13-22-30(29(8,42-30)26(35)41-22)25(39-18(5)33)24(27)28(20,7)36/h11-13,19-22,24-25,36H,9-10,14H2,1-8H3/b15-13-/t19-,20-,21+,22+,24-,25+,27-,28+,29+,30+/m1/s1. The number of rotatable bonds is 6. The third-order valence-electron chi connectivity index (χ3n) is 9.02. The van der Waals surface area contributed by atoms with Crippen molar-refractivity contribution in [3.8, 4) is 0 Å². The molecule has 12 heteroatoms. The van der Waals surface area contributed by atoms with Crippen molar-refractivity contribution in [3.63, 3.8) is 0 Å². The minimum absolute atomic E-state index is 0.0478. The Morgan fingerprint density at radius 3 is 2.17 bits per heavy atom. The Kier molecular flexibility index (Phi) is 8.14. The summed E-state index contributed by atoms with van der Waals surface area (Å²) in [6.45, 7) is 11.8. The maximum absolute atomic E-state index is 13.2. The van der Waals surface area contributed by atoms with Crippen molar-refractivity contribution in [1.82, 2.24) is 0 Å². The predicted molar refractivity (Wildman–Crippen MR) is 143 cm³/mol. The summed E-state index contributed by atoms with van der Waals surface area (Å²) < 4.78 is 35.0. The summed E-state index contributed by atoms with van der Waals surface area (Å²) in [4.78, 5) is 63.1. The Hall–Kier alpha value is -3.25. The van der Waals surface area contributed by atoms with Gasteiger partial charge in [0.2, 0.25) is 0 Å². The summed E-state index contributed by atoms with van der Waals surface area (Å²) in [6, 6.07) is 0. The lowest BCUT2D eigenvalue weighted by atomic mass is 9.55. The highest BCUT2D eigenvalue weighted by molar-refractivity contribution is 5.89. The molecule has 0 radical (unpaired) electrons. The van der Waals surface area contributed by atoms with E-state index in [1.165, 1.54) is 40.7 Å². The number of carbonyl (C=O) groups excluding carboxylic acids is 5. The van der Waals surface area contributed by atoms with E-state index in [9.17, 15) is 29.1 Å². The second-order valence-corrected chi connectivity index (χ2v) is 12.2. The lowest BCUT2D eigenvalue weighted by Gasteiger charge is -2.55. The molecule has 0 saturated carbocycles. The summed E-state index contributed by atoms with van der Waals surface area (Å²) in [5.74, 6) is -4.41. The van der Waals surface area contributed by atoms with Gasteiger partial charge in [0, 0.05) is 44.9 Å². The van der Waals surface area contributed by atoms with Gasteiger partial charge in [-0.3, -0.25) is 19.2 Å². The molecule has 0 amide bonds. The van der Waals surface area contributed by atoms with E-state index in [4.69, 9.17) is 28.4 Å². The van der Waals surface area contributed by atoms with E-state index in [-0.39, 0.29) is 12.8 Å². The molecule has 42 heavy (non-hydrogen) atoms. The van der Waals surface area contributed by atoms with Crippen LogP contribution in [0.25, 0.3) is 0 Å². The van der Waals surface area contributed by atoms with Crippen molar-refractivity contribution in [3.05, 3.63) is 23.8 Å². The highest BCUT2D eigenvalue weighted by Gasteiger charge is 2.87. The molecule has 0 unspecified atom stereocenters. The number of epoxide rings is 1. The summed E-state index contributed by atoms with van der Waals surface area (Å²) in [6.07, 6.45) is -0.335. The smallest absolute Gasteiger partial charge is 0.342 e. The van der Waals surface area contributed by atoms with Crippen molar-refractivity contribution in [2.75, 3.05) is 0 Å². The van der Waals surface area contributed by atoms with E-state index in [0.717, 1.165) is 0 Å². The van der Waals surface area contributed by atoms with Gasteiger partial charge in [-0.05, 0) is 44.9 Å². The van der Waals surface area contributed by atoms with Crippen LogP contribution in [0.15, 0.2) is 23.8 Å². The van der Waals surface area contributed by atoms with Gasteiger partial charge in [-0.15, -0.1) is 0 Å². The summed E-state index contributed by atoms with van der Waals surface area (Å²) >= 11 is 0. The van der Waals surface area contributed by atoms with Crippen LogP contribution in [0.5, 0.6) is 0 Å². The van der Waals surface area contributed by atoms with Crippen LogP contribution >= 0.6 is 0 Å². The van der Waals surface area contributed by atoms with E-state index in [1.54, 1.807) is 26.0 Å². The highest BCUT2D eigenvalue weighted by atomic mass is 16.7. The Labute approximate surface area is 244 Å². The van der Waals surface area contributed by atoms with E-state index in [0.29, 0.717) is 12.0 Å². The van der Waals surface area contributed by atoms with Gasteiger partial charge < -0.3 is 33.5 Å². The highest BCUT2D eigenvalue weighted by Crippen LogP contribution is 2.65. The van der Waals surface area contributed by atoms with Gasteiger partial charge in [0.15, 0.2) is 17.3 Å².